The minimum atomic E-state index is -3.66. The largest absolute Gasteiger partial charge is 0.347 e. The van der Waals surface area contributed by atoms with Gasteiger partial charge in [-0.3, -0.25) is 5.10 Å². The Morgan fingerprint density at radius 2 is 2.08 bits per heavy atom. The molecule has 0 saturated carbocycles. The van der Waals surface area contributed by atoms with Gasteiger partial charge in [0.25, 0.3) is 0 Å². The number of aryl methyl sites for hydroxylation is 3. The van der Waals surface area contributed by atoms with E-state index in [1.165, 1.54) is 0 Å². The lowest BCUT2D eigenvalue weighted by Crippen LogP contribution is -2.32. The Morgan fingerprint density at radius 1 is 1.33 bits per heavy atom. The molecule has 8 nitrogen and oxygen atoms in total. The van der Waals surface area contributed by atoms with Crippen molar-refractivity contribution >= 4 is 16.0 Å². The highest BCUT2D eigenvalue weighted by Crippen LogP contribution is 2.31. The third-order valence-electron chi connectivity index (χ3n) is 4.20. The summed E-state index contributed by atoms with van der Waals surface area (Å²) < 4.78 is 28.3. The molecule has 0 aliphatic heterocycles. The van der Waals surface area contributed by atoms with Gasteiger partial charge in [-0.2, -0.15) is 5.10 Å². The fourth-order valence-electron chi connectivity index (χ4n) is 3.06. The molecule has 2 N–H and O–H groups in total. The van der Waals surface area contributed by atoms with E-state index in [2.05, 4.69) is 24.9 Å². The molecule has 0 amide bonds. The Balaban J connectivity index is 1.93. The van der Waals surface area contributed by atoms with Crippen molar-refractivity contribution in [2.75, 3.05) is 19.0 Å². The van der Waals surface area contributed by atoms with Crippen molar-refractivity contribution in [2.45, 2.75) is 44.0 Å². The lowest BCUT2D eigenvalue weighted by atomic mass is 9.93. The van der Waals surface area contributed by atoms with E-state index in [1.807, 2.05) is 19.0 Å². The van der Waals surface area contributed by atoms with E-state index in [1.54, 1.807) is 20.0 Å². The van der Waals surface area contributed by atoms with Gasteiger partial charge < -0.3 is 4.90 Å². The van der Waals surface area contributed by atoms with E-state index in [9.17, 15) is 8.42 Å². The van der Waals surface area contributed by atoms with E-state index in [-0.39, 0.29) is 10.9 Å². The van der Waals surface area contributed by atoms with Crippen LogP contribution in [-0.2, 0) is 16.4 Å². The number of aromatic nitrogens is 4. The predicted octanol–water partition coefficient (Wildman–Crippen LogP) is 1.24. The average molecular weight is 350 g/mol. The average Bonchev–Trinajstić information content (AvgIpc) is 2.86. The topological polar surface area (TPSA) is 104 Å². The lowest BCUT2D eigenvalue weighted by molar-refractivity contribution is 0.499. The summed E-state index contributed by atoms with van der Waals surface area (Å²) in [6.45, 7) is 3.38. The van der Waals surface area contributed by atoms with Gasteiger partial charge in [-0.25, -0.2) is 23.1 Å². The first-order valence-electron chi connectivity index (χ1n) is 7.86. The Morgan fingerprint density at radius 3 is 2.71 bits per heavy atom. The van der Waals surface area contributed by atoms with Crippen molar-refractivity contribution in [1.29, 1.82) is 0 Å². The molecule has 1 unspecified atom stereocenters. The molecule has 24 heavy (non-hydrogen) atoms. The number of rotatable bonds is 4. The monoisotopic (exact) mass is 350 g/mol. The quantitative estimate of drug-likeness (QED) is 0.860. The molecule has 2 heterocycles. The molecule has 9 heteroatoms. The third kappa shape index (κ3) is 3.01. The van der Waals surface area contributed by atoms with Gasteiger partial charge in [-0.05, 0) is 33.1 Å². The molecule has 1 aliphatic rings. The van der Waals surface area contributed by atoms with Gasteiger partial charge in [0.15, 0.2) is 0 Å². The fourth-order valence-corrected chi connectivity index (χ4v) is 4.68. The summed E-state index contributed by atoms with van der Waals surface area (Å²) in [4.78, 5) is 10.9. The van der Waals surface area contributed by atoms with Gasteiger partial charge in [0.1, 0.15) is 4.90 Å². The Hall–Kier alpha value is -2.00. The van der Waals surface area contributed by atoms with Crippen molar-refractivity contribution in [2.24, 2.45) is 0 Å². The second-order valence-electron chi connectivity index (χ2n) is 6.30. The van der Waals surface area contributed by atoms with E-state index in [0.717, 1.165) is 30.5 Å². The Kier molecular flexibility index (Phi) is 4.31. The molecule has 130 valence electrons. The number of hydrogen-bond donors (Lipinski definition) is 2. The molecule has 2 aromatic rings. The third-order valence-corrected chi connectivity index (χ3v) is 5.93. The molecule has 0 bridgehead atoms. The highest BCUT2D eigenvalue weighted by atomic mass is 32.2. The van der Waals surface area contributed by atoms with Crippen LogP contribution in [0.2, 0.25) is 0 Å². The minimum absolute atomic E-state index is 0.223. The molecule has 0 aromatic carbocycles. The number of aromatic amines is 1. The van der Waals surface area contributed by atoms with Crippen molar-refractivity contribution in [3.8, 4) is 0 Å². The van der Waals surface area contributed by atoms with Gasteiger partial charge in [0, 0.05) is 25.9 Å². The van der Waals surface area contributed by atoms with Crippen LogP contribution < -0.4 is 9.62 Å². The summed E-state index contributed by atoms with van der Waals surface area (Å²) in [7, 11) is 0.111. The summed E-state index contributed by atoms with van der Waals surface area (Å²) in [5, 5.41) is 6.70. The lowest BCUT2D eigenvalue weighted by Gasteiger charge is -2.26. The number of fused-ring (bicyclic) bond motifs is 1. The van der Waals surface area contributed by atoms with Gasteiger partial charge in [0.05, 0.1) is 23.1 Å². The summed E-state index contributed by atoms with van der Waals surface area (Å²) in [6, 6.07) is -0.316. The van der Waals surface area contributed by atoms with Crippen LogP contribution in [0, 0.1) is 13.8 Å². The summed E-state index contributed by atoms with van der Waals surface area (Å²) in [5.41, 5.74) is 2.77. The maximum absolute atomic E-state index is 12.8. The first-order chi connectivity index (χ1) is 11.3. The van der Waals surface area contributed by atoms with Crippen molar-refractivity contribution in [3.63, 3.8) is 0 Å². The van der Waals surface area contributed by atoms with Crippen LogP contribution >= 0.6 is 0 Å². The Bertz CT molecular complexity index is 839. The van der Waals surface area contributed by atoms with Gasteiger partial charge >= 0.3 is 0 Å². The molecular formula is C15H22N6O2S. The maximum Gasteiger partial charge on any atom is 0.244 e. The number of H-pyrrole nitrogens is 1. The maximum atomic E-state index is 12.8. The molecule has 0 saturated heterocycles. The van der Waals surface area contributed by atoms with E-state index in [4.69, 9.17) is 0 Å². The first kappa shape index (κ1) is 16.8. The van der Waals surface area contributed by atoms with E-state index >= 15 is 0 Å². The van der Waals surface area contributed by atoms with Crippen LogP contribution in [0.3, 0.4) is 0 Å². The molecular weight excluding hydrogens is 328 g/mol. The van der Waals surface area contributed by atoms with Crippen molar-refractivity contribution in [3.05, 3.63) is 28.8 Å². The smallest absolute Gasteiger partial charge is 0.244 e. The molecule has 0 radical (unpaired) electrons. The second kappa shape index (κ2) is 6.14. The van der Waals surface area contributed by atoms with Crippen LogP contribution in [0.1, 0.15) is 41.5 Å². The van der Waals surface area contributed by atoms with Crippen LogP contribution in [0.4, 0.5) is 5.95 Å². The zero-order valence-electron chi connectivity index (χ0n) is 14.3. The van der Waals surface area contributed by atoms with E-state index in [0.29, 0.717) is 17.3 Å². The normalized spacial score (nSPS) is 17.6. The molecule has 2 aromatic heterocycles. The molecule has 1 atom stereocenters. The standard InChI is InChI=1S/C15H22N6O2S/c1-9-14(10(2)19-18-9)24(22,23)20-13-7-5-6-12-11(13)8-16-15(17-12)21(3)4/h8,13,20H,5-7H2,1-4H3,(H,18,19). The molecule has 0 spiro atoms. The second-order valence-corrected chi connectivity index (χ2v) is 7.95. The number of anilines is 1. The minimum Gasteiger partial charge on any atom is -0.347 e. The first-order valence-corrected chi connectivity index (χ1v) is 9.35. The van der Waals surface area contributed by atoms with Gasteiger partial charge in [-0.15, -0.1) is 0 Å². The number of sulfonamides is 1. The van der Waals surface area contributed by atoms with Gasteiger partial charge in [0.2, 0.25) is 16.0 Å². The molecule has 0 fully saturated rings. The van der Waals surface area contributed by atoms with E-state index < -0.39 is 10.0 Å². The highest BCUT2D eigenvalue weighted by Gasteiger charge is 2.30. The summed E-state index contributed by atoms with van der Waals surface area (Å²) >= 11 is 0. The zero-order chi connectivity index (χ0) is 17.5. The number of nitrogens with one attached hydrogen (secondary N) is 2. The van der Waals surface area contributed by atoms with Crippen LogP contribution in [-0.4, -0.2) is 42.7 Å². The van der Waals surface area contributed by atoms with Crippen molar-refractivity contribution in [1.82, 2.24) is 24.9 Å². The molecule has 1 aliphatic carbocycles. The fraction of sp³-hybridized carbons (Fsp3) is 0.533. The Labute approximate surface area is 141 Å². The SMILES string of the molecule is Cc1n[nH]c(C)c1S(=O)(=O)NC1CCCc2nc(N(C)C)ncc21. The summed E-state index contributed by atoms with van der Waals surface area (Å²) in [6.07, 6.45) is 4.18. The van der Waals surface area contributed by atoms with Crippen LogP contribution in [0.25, 0.3) is 0 Å². The molecule has 3 rings (SSSR count). The summed E-state index contributed by atoms with van der Waals surface area (Å²) in [5.74, 6) is 0.638. The van der Waals surface area contributed by atoms with Crippen molar-refractivity contribution < 1.29 is 8.42 Å². The predicted molar refractivity (Wildman–Crippen MR) is 90.4 cm³/mol. The zero-order valence-corrected chi connectivity index (χ0v) is 15.1. The number of hydrogen-bond acceptors (Lipinski definition) is 6. The van der Waals surface area contributed by atoms with Gasteiger partial charge in [-0.1, -0.05) is 0 Å². The van der Waals surface area contributed by atoms with Crippen LogP contribution in [0.15, 0.2) is 11.1 Å². The number of nitrogens with zero attached hydrogens (tertiary/aromatic N) is 4. The highest BCUT2D eigenvalue weighted by molar-refractivity contribution is 7.89. The van der Waals surface area contributed by atoms with Crippen LogP contribution in [0.5, 0.6) is 0 Å².